The second kappa shape index (κ2) is 6.22. The van der Waals surface area contributed by atoms with Gasteiger partial charge >= 0.3 is 6.18 Å². The molecule has 1 aromatic carbocycles. The Labute approximate surface area is 147 Å². The number of hydrogen-bond acceptors (Lipinski definition) is 3. The van der Waals surface area contributed by atoms with Gasteiger partial charge in [-0.2, -0.15) is 22.8 Å². The zero-order valence-corrected chi connectivity index (χ0v) is 14.6. The molecule has 0 fully saturated rings. The van der Waals surface area contributed by atoms with Crippen molar-refractivity contribution in [3.63, 3.8) is 0 Å². The fourth-order valence-corrected chi connectivity index (χ4v) is 2.74. The molecule has 8 heteroatoms. The Morgan fingerprint density at radius 1 is 1.16 bits per heavy atom. The van der Waals surface area contributed by atoms with Crippen LogP contribution in [0.15, 0.2) is 30.3 Å². The summed E-state index contributed by atoms with van der Waals surface area (Å²) in [5.74, 6) is 0.461. The molecule has 1 N–H and O–H groups in total. The molecule has 0 aliphatic rings. The van der Waals surface area contributed by atoms with Gasteiger partial charge in [0.2, 0.25) is 0 Å². The molecule has 3 rings (SSSR count). The first-order chi connectivity index (χ1) is 11.7. The van der Waals surface area contributed by atoms with E-state index in [1.807, 2.05) is 13.8 Å². The number of nitrogens with one attached hydrogen (secondary N) is 1. The summed E-state index contributed by atoms with van der Waals surface area (Å²) in [6, 6.07) is 7.86. The van der Waals surface area contributed by atoms with Crippen molar-refractivity contribution in [3.05, 3.63) is 46.7 Å². The smallest absolute Gasteiger partial charge is 0.368 e. The van der Waals surface area contributed by atoms with Crippen LogP contribution in [0, 0.1) is 6.92 Å². The van der Waals surface area contributed by atoms with Crippen LogP contribution in [0.4, 0.5) is 19.0 Å². The highest BCUT2D eigenvalue weighted by Crippen LogP contribution is 2.39. The van der Waals surface area contributed by atoms with Crippen molar-refractivity contribution in [2.45, 2.75) is 33.0 Å². The van der Waals surface area contributed by atoms with Crippen LogP contribution in [-0.2, 0) is 6.18 Å². The van der Waals surface area contributed by atoms with Gasteiger partial charge in [-0.05, 0) is 38.5 Å². The first-order valence-electron chi connectivity index (χ1n) is 7.67. The third-order valence-electron chi connectivity index (χ3n) is 3.56. The number of fused-ring (bicyclic) bond motifs is 1. The van der Waals surface area contributed by atoms with Crippen LogP contribution in [0.25, 0.3) is 16.8 Å². The van der Waals surface area contributed by atoms with Crippen molar-refractivity contribution in [1.82, 2.24) is 14.6 Å². The van der Waals surface area contributed by atoms with Gasteiger partial charge in [0, 0.05) is 22.8 Å². The Morgan fingerprint density at radius 2 is 1.80 bits per heavy atom. The van der Waals surface area contributed by atoms with Gasteiger partial charge in [0.15, 0.2) is 11.3 Å². The topological polar surface area (TPSA) is 42.2 Å². The monoisotopic (exact) mass is 368 g/mol. The molecule has 2 aromatic heterocycles. The molecule has 0 saturated carbocycles. The predicted molar refractivity (Wildman–Crippen MR) is 91.9 cm³/mol. The summed E-state index contributed by atoms with van der Waals surface area (Å²) in [6.07, 6.45) is -4.61. The minimum atomic E-state index is -4.61. The predicted octanol–water partition coefficient (Wildman–Crippen LogP) is 5.20. The van der Waals surface area contributed by atoms with E-state index in [0.717, 1.165) is 0 Å². The molecule has 0 bridgehead atoms. The highest BCUT2D eigenvalue weighted by molar-refractivity contribution is 6.30. The van der Waals surface area contributed by atoms with Crippen molar-refractivity contribution in [3.8, 4) is 11.1 Å². The zero-order chi connectivity index (χ0) is 18.4. The lowest BCUT2D eigenvalue weighted by atomic mass is 10.1. The molecule has 0 aliphatic heterocycles. The van der Waals surface area contributed by atoms with Crippen LogP contribution in [0.5, 0.6) is 0 Å². The lowest BCUT2D eigenvalue weighted by Crippen LogP contribution is -2.14. The van der Waals surface area contributed by atoms with Crippen molar-refractivity contribution in [2.24, 2.45) is 0 Å². The van der Waals surface area contributed by atoms with Crippen molar-refractivity contribution < 1.29 is 13.2 Å². The molecule has 132 valence electrons. The van der Waals surface area contributed by atoms with E-state index >= 15 is 0 Å². The second-order valence-corrected chi connectivity index (χ2v) is 6.48. The summed E-state index contributed by atoms with van der Waals surface area (Å²) < 4.78 is 42.0. The summed E-state index contributed by atoms with van der Waals surface area (Å²) in [5, 5.41) is 7.37. The molecule has 25 heavy (non-hydrogen) atoms. The van der Waals surface area contributed by atoms with Crippen LogP contribution in [-0.4, -0.2) is 20.6 Å². The van der Waals surface area contributed by atoms with Gasteiger partial charge in [-0.1, -0.05) is 23.7 Å². The number of aromatic nitrogens is 3. The number of rotatable bonds is 3. The number of halogens is 4. The number of hydrogen-bond donors (Lipinski definition) is 1. The lowest BCUT2D eigenvalue weighted by molar-refractivity contribution is -0.140. The molecule has 4 nitrogen and oxygen atoms in total. The standard InChI is InChI=1S/C17H16ClF3N4/c1-9(2)22-13-8-10(3)23-16-14(11-4-6-12(18)7-5-11)15(17(19,20)21)24-25(13)16/h4-9,22H,1-3H3. The molecule has 0 spiro atoms. The maximum atomic E-state index is 13.6. The van der Waals surface area contributed by atoms with Gasteiger partial charge < -0.3 is 5.32 Å². The highest BCUT2D eigenvalue weighted by Gasteiger charge is 2.39. The quantitative estimate of drug-likeness (QED) is 0.691. The number of alkyl halides is 3. The average Bonchev–Trinajstić information content (AvgIpc) is 2.87. The summed E-state index contributed by atoms with van der Waals surface area (Å²) in [6.45, 7) is 5.53. The summed E-state index contributed by atoms with van der Waals surface area (Å²) in [4.78, 5) is 4.30. The van der Waals surface area contributed by atoms with E-state index < -0.39 is 11.9 Å². The highest BCUT2D eigenvalue weighted by atomic mass is 35.5. The minimum Gasteiger partial charge on any atom is -0.368 e. The van der Waals surface area contributed by atoms with Crippen molar-refractivity contribution >= 4 is 23.1 Å². The molecular weight excluding hydrogens is 353 g/mol. The van der Waals surface area contributed by atoms with Gasteiger partial charge in [0.1, 0.15) is 5.82 Å². The number of aryl methyl sites for hydroxylation is 1. The number of nitrogens with zero attached hydrogens (tertiary/aromatic N) is 3. The van der Waals surface area contributed by atoms with Crippen LogP contribution in [0.3, 0.4) is 0 Å². The van der Waals surface area contributed by atoms with Crippen molar-refractivity contribution in [1.29, 1.82) is 0 Å². The van der Waals surface area contributed by atoms with Gasteiger partial charge in [0.05, 0.1) is 5.56 Å². The maximum absolute atomic E-state index is 13.6. The molecule has 0 saturated heterocycles. The Kier molecular flexibility index (Phi) is 4.36. The van der Waals surface area contributed by atoms with Gasteiger partial charge in [0.25, 0.3) is 0 Å². The SMILES string of the molecule is Cc1cc(NC(C)C)n2nc(C(F)(F)F)c(-c3ccc(Cl)cc3)c2n1. The molecule has 0 radical (unpaired) electrons. The first-order valence-corrected chi connectivity index (χ1v) is 8.04. The largest absolute Gasteiger partial charge is 0.435 e. The van der Waals surface area contributed by atoms with Crippen LogP contribution in [0.2, 0.25) is 5.02 Å². The second-order valence-electron chi connectivity index (χ2n) is 6.05. The Hall–Kier alpha value is -2.28. The fraction of sp³-hybridized carbons (Fsp3) is 0.294. The first kappa shape index (κ1) is 17.5. The van der Waals surface area contributed by atoms with E-state index in [1.54, 1.807) is 25.1 Å². The van der Waals surface area contributed by atoms with E-state index in [-0.39, 0.29) is 17.3 Å². The van der Waals surface area contributed by atoms with E-state index in [4.69, 9.17) is 11.6 Å². The minimum absolute atomic E-state index is 0.0301. The van der Waals surface area contributed by atoms with Gasteiger partial charge in [-0.3, -0.25) is 0 Å². The average molecular weight is 369 g/mol. The lowest BCUT2D eigenvalue weighted by Gasteiger charge is -2.12. The van der Waals surface area contributed by atoms with E-state index in [1.165, 1.54) is 16.6 Å². The summed E-state index contributed by atoms with van der Waals surface area (Å²) >= 11 is 5.86. The number of benzene rings is 1. The molecular formula is C17H16ClF3N4. The van der Waals surface area contributed by atoms with E-state index in [9.17, 15) is 13.2 Å². The third kappa shape index (κ3) is 3.42. The summed E-state index contributed by atoms with van der Waals surface area (Å²) in [5.41, 5.74) is 0.0806. The molecule has 3 aromatic rings. The van der Waals surface area contributed by atoms with Crippen LogP contribution < -0.4 is 5.32 Å². The molecule has 0 unspecified atom stereocenters. The van der Waals surface area contributed by atoms with Crippen LogP contribution >= 0.6 is 11.6 Å². The van der Waals surface area contributed by atoms with E-state index in [0.29, 0.717) is 22.1 Å². The van der Waals surface area contributed by atoms with Gasteiger partial charge in [-0.15, -0.1) is 0 Å². The van der Waals surface area contributed by atoms with Crippen LogP contribution in [0.1, 0.15) is 25.2 Å². The summed E-state index contributed by atoms with van der Waals surface area (Å²) in [7, 11) is 0. The normalized spacial score (nSPS) is 12.2. The molecule has 2 heterocycles. The number of anilines is 1. The van der Waals surface area contributed by atoms with Gasteiger partial charge in [-0.25, -0.2) is 4.98 Å². The maximum Gasteiger partial charge on any atom is 0.435 e. The van der Waals surface area contributed by atoms with E-state index in [2.05, 4.69) is 15.4 Å². The molecule has 0 amide bonds. The fourth-order valence-electron chi connectivity index (χ4n) is 2.62. The third-order valence-corrected chi connectivity index (χ3v) is 3.81. The Bertz CT molecular complexity index is 914. The van der Waals surface area contributed by atoms with Crippen molar-refractivity contribution in [2.75, 3.05) is 5.32 Å². The molecule has 0 atom stereocenters. The zero-order valence-electron chi connectivity index (χ0n) is 13.8. The Balaban J connectivity index is 2.36. The molecule has 0 aliphatic carbocycles. The Morgan fingerprint density at radius 3 is 2.36 bits per heavy atom.